The van der Waals surface area contributed by atoms with Crippen molar-refractivity contribution in [1.82, 2.24) is 9.55 Å². The zero-order valence-corrected chi connectivity index (χ0v) is 15.6. The van der Waals surface area contributed by atoms with Crippen molar-refractivity contribution in [3.63, 3.8) is 0 Å². The van der Waals surface area contributed by atoms with Gasteiger partial charge in [-0.1, -0.05) is 55.9 Å². The van der Waals surface area contributed by atoms with Gasteiger partial charge in [-0.15, -0.1) is 0 Å². The zero-order valence-electron chi connectivity index (χ0n) is 14.8. The highest BCUT2D eigenvalue weighted by Gasteiger charge is 2.14. The maximum atomic E-state index is 12.8. The molecule has 0 radical (unpaired) electrons. The zero-order chi connectivity index (χ0) is 18.5. The number of rotatable bonds is 6. The summed E-state index contributed by atoms with van der Waals surface area (Å²) in [6.45, 7) is 4.68. The number of nitrogens with zero attached hydrogens (tertiary/aromatic N) is 2. The number of aromatic nitrogens is 2. The molecule has 0 bridgehead atoms. The third-order valence-electron chi connectivity index (χ3n) is 3.76. The van der Waals surface area contributed by atoms with E-state index >= 15 is 0 Å². The van der Waals surface area contributed by atoms with E-state index in [-0.39, 0.29) is 17.2 Å². The molecule has 5 nitrogen and oxygen atoms in total. The molecule has 134 valence electrons. The molecule has 0 aliphatic heterocycles. The molecule has 1 N–H and O–H groups in total. The molecular weight excluding hydrogens is 346 g/mol. The molecule has 1 heterocycles. The third kappa shape index (κ3) is 4.32. The van der Waals surface area contributed by atoms with Crippen LogP contribution in [0.5, 0.6) is 0 Å². The molecule has 0 aliphatic rings. The Morgan fingerprint density at radius 1 is 1.12 bits per heavy atom. The van der Waals surface area contributed by atoms with Crippen molar-refractivity contribution >= 4 is 34.3 Å². The number of carbonyl (C=O) groups is 1. The summed E-state index contributed by atoms with van der Waals surface area (Å²) in [6, 6.07) is 16.6. The lowest BCUT2D eigenvalue weighted by Crippen LogP contribution is -2.26. The molecule has 0 fully saturated rings. The SMILES string of the molecule is CC(C)Cn1c(SCC(=O)Nc2ccccc2)nc2ccccc2c1=O. The second kappa shape index (κ2) is 8.19. The lowest BCUT2D eigenvalue weighted by molar-refractivity contribution is -0.113. The topological polar surface area (TPSA) is 64.0 Å². The van der Waals surface area contributed by atoms with Gasteiger partial charge in [-0.05, 0) is 30.2 Å². The van der Waals surface area contributed by atoms with E-state index in [0.717, 1.165) is 5.69 Å². The standard InChI is InChI=1S/C20H21N3O2S/c1-14(2)12-23-19(25)16-10-6-7-11-17(16)22-20(23)26-13-18(24)21-15-8-4-3-5-9-15/h3-11,14H,12-13H2,1-2H3,(H,21,24). The van der Waals surface area contributed by atoms with Gasteiger partial charge in [0.05, 0.1) is 16.7 Å². The monoisotopic (exact) mass is 367 g/mol. The van der Waals surface area contributed by atoms with Gasteiger partial charge in [0.2, 0.25) is 5.91 Å². The Hall–Kier alpha value is -2.60. The minimum atomic E-state index is -0.125. The fourth-order valence-electron chi connectivity index (χ4n) is 2.63. The highest BCUT2D eigenvalue weighted by atomic mass is 32.2. The molecule has 0 saturated carbocycles. The molecular formula is C20H21N3O2S. The van der Waals surface area contributed by atoms with Crippen molar-refractivity contribution < 1.29 is 4.79 Å². The number of fused-ring (bicyclic) bond motifs is 1. The van der Waals surface area contributed by atoms with E-state index in [4.69, 9.17) is 0 Å². The van der Waals surface area contributed by atoms with E-state index < -0.39 is 0 Å². The minimum absolute atomic E-state index is 0.0599. The largest absolute Gasteiger partial charge is 0.325 e. The molecule has 0 saturated heterocycles. The fourth-order valence-corrected chi connectivity index (χ4v) is 3.44. The first kappa shape index (κ1) is 18.2. The Morgan fingerprint density at radius 3 is 2.54 bits per heavy atom. The number of carbonyl (C=O) groups excluding carboxylic acids is 1. The van der Waals surface area contributed by atoms with Gasteiger partial charge in [-0.3, -0.25) is 14.2 Å². The molecule has 3 rings (SSSR count). The number of nitrogens with one attached hydrogen (secondary N) is 1. The lowest BCUT2D eigenvalue weighted by atomic mass is 10.2. The first-order valence-corrected chi connectivity index (χ1v) is 9.50. The van der Waals surface area contributed by atoms with Crippen LogP contribution in [0.2, 0.25) is 0 Å². The number of amides is 1. The Labute approximate surface area is 156 Å². The lowest BCUT2D eigenvalue weighted by Gasteiger charge is -2.14. The normalized spacial score (nSPS) is 11.0. The smallest absolute Gasteiger partial charge is 0.262 e. The predicted octanol–water partition coefficient (Wildman–Crippen LogP) is 3.78. The van der Waals surface area contributed by atoms with Crippen LogP contribution in [-0.4, -0.2) is 21.2 Å². The molecule has 2 aromatic carbocycles. The third-order valence-corrected chi connectivity index (χ3v) is 4.74. The summed E-state index contributed by atoms with van der Waals surface area (Å²) in [7, 11) is 0. The summed E-state index contributed by atoms with van der Waals surface area (Å²) < 4.78 is 1.67. The van der Waals surface area contributed by atoms with E-state index in [1.807, 2.05) is 48.5 Å². The highest BCUT2D eigenvalue weighted by Crippen LogP contribution is 2.19. The molecule has 6 heteroatoms. The number of para-hydroxylation sites is 2. The summed E-state index contributed by atoms with van der Waals surface area (Å²) in [4.78, 5) is 29.7. The van der Waals surface area contributed by atoms with Crippen LogP contribution in [0.3, 0.4) is 0 Å². The average molecular weight is 367 g/mol. The van der Waals surface area contributed by atoms with Gasteiger partial charge < -0.3 is 5.32 Å². The van der Waals surface area contributed by atoms with Gasteiger partial charge >= 0.3 is 0 Å². The van der Waals surface area contributed by atoms with Crippen LogP contribution < -0.4 is 10.9 Å². The quantitative estimate of drug-likeness (QED) is 0.532. The summed E-state index contributed by atoms with van der Waals surface area (Å²) in [5.41, 5.74) is 1.35. The molecule has 0 spiro atoms. The number of hydrogen-bond donors (Lipinski definition) is 1. The fraction of sp³-hybridized carbons (Fsp3) is 0.250. The molecule has 0 unspecified atom stereocenters. The maximum absolute atomic E-state index is 12.8. The minimum Gasteiger partial charge on any atom is -0.325 e. The molecule has 0 aliphatic carbocycles. The van der Waals surface area contributed by atoms with Crippen LogP contribution >= 0.6 is 11.8 Å². The van der Waals surface area contributed by atoms with E-state index in [2.05, 4.69) is 24.1 Å². The van der Waals surface area contributed by atoms with Crippen LogP contribution in [-0.2, 0) is 11.3 Å². The molecule has 1 amide bonds. The second-order valence-corrected chi connectivity index (χ2v) is 7.37. The van der Waals surface area contributed by atoms with Crippen LogP contribution in [0.4, 0.5) is 5.69 Å². The van der Waals surface area contributed by atoms with Crippen LogP contribution in [0.1, 0.15) is 13.8 Å². The van der Waals surface area contributed by atoms with Crippen molar-refractivity contribution in [3.8, 4) is 0 Å². The maximum Gasteiger partial charge on any atom is 0.262 e. The predicted molar refractivity (Wildman–Crippen MR) is 107 cm³/mol. The Bertz CT molecular complexity index is 968. The van der Waals surface area contributed by atoms with E-state index in [9.17, 15) is 9.59 Å². The van der Waals surface area contributed by atoms with Gasteiger partial charge in [0, 0.05) is 12.2 Å². The van der Waals surface area contributed by atoms with Crippen LogP contribution in [0, 0.1) is 5.92 Å². The first-order valence-electron chi connectivity index (χ1n) is 8.52. The van der Waals surface area contributed by atoms with Gasteiger partial charge in [0.25, 0.3) is 5.56 Å². The summed E-state index contributed by atoms with van der Waals surface area (Å²) in [5.74, 6) is 0.366. The molecule has 3 aromatic rings. The Morgan fingerprint density at radius 2 is 1.81 bits per heavy atom. The van der Waals surface area contributed by atoms with Gasteiger partial charge in [-0.25, -0.2) is 4.98 Å². The van der Waals surface area contributed by atoms with Gasteiger partial charge in [0.1, 0.15) is 0 Å². The van der Waals surface area contributed by atoms with E-state index in [0.29, 0.717) is 28.5 Å². The number of benzene rings is 2. The molecule has 0 atom stereocenters. The van der Waals surface area contributed by atoms with Crippen LogP contribution in [0.25, 0.3) is 10.9 Å². The van der Waals surface area contributed by atoms with E-state index in [1.54, 1.807) is 10.6 Å². The summed E-state index contributed by atoms with van der Waals surface area (Å²) in [6.07, 6.45) is 0. The van der Waals surface area contributed by atoms with Crippen molar-refractivity contribution in [3.05, 3.63) is 65.0 Å². The highest BCUT2D eigenvalue weighted by molar-refractivity contribution is 7.99. The second-order valence-electron chi connectivity index (χ2n) is 6.42. The Balaban J connectivity index is 1.84. The molecule has 1 aromatic heterocycles. The van der Waals surface area contributed by atoms with Crippen LogP contribution in [0.15, 0.2) is 64.5 Å². The number of anilines is 1. The molecule has 26 heavy (non-hydrogen) atoms. The summed E-state index contributed by atoms with van der Waals surface area (Å²) >= 11 is 1.29. The Kier molecular flexibility index (Phi) is 5.73. The van der Waals surface area contributed by atoms with Crippen molar-refractivity contribution in [1.29, 1.82) is 0 Å². The van der Waals surface area contributed by atoms with E-state index in [1.165, 1.54) is 11.8 Å². The number of thioether (sulfide) groups is 1. The van der Waals surface area contributed by atoms with Gasteiger partial charge in [-0.2, -0.15) is 0 Å². The van der Waals surface area contributed by atoms with Crippen molar-refractivity contribution in [2.24, 2.45) is 5.92 Å². The van der Waals surface area contributed by atoms with Crippen molar-refractivity contribution in [2.75, 3.05) is 11.1 Å². The first-order chi connectivity index (χ1) is 12.5. The van der Waals surface area contributed by atoms with Crippen molar-refractivity contribution in [2.45, 2.75) is 25.5 Å². The average Bonchev–Trinajstić information content (AvgIpc) is 2.63. The van der Waals surface area contributed by atoms with Gasteiger partial charge in [0.15, 0.2) is 5.16 Å². The summed E-state index contributed by atoms with van der Waals surface area (Å²) in [5, 5.41) is 4.03. The number of hydrogen-bond acceptors (Lipinski definition) is 4.